The quantitative estimate of drug-likeness (QED) is 0.470. The molecule has 0 atom stereocenters. The number of amides is 1. The molecule has 2 aromatic carbocycles. The highest BCUT2D eigenvalue weighted by Gasteiger charge is 2.23. The summed E-state index contributed by atoms with van der Waals surface area (Å²) in [6, 6.07) is 13.1. The maximum absolute atomic E-state index is 13.5. The number of thiazole rings is 1. The van der Waals surface area contributed by atoms with Crippen LogP contribution in [0.4, 0.5) is 5.13 Å². The largest absolute Gasteiger partial charge is 0.497 e. The third kappa shape index (κ3) is 4.91. The molecule has 0 spiro atoms. The molecule has 7 heteroatoms. The lowest BCUT2D eigenvalue weighted by molar-refractivity contribution is 0.0983. The minimum Gasteiger partial charge on any atom is -0.497 e. The van der Waals surface area contributed by atoms with E-state index in [1.807, 2.05) is 43.3 Å². The van der Waals surface area contributed by atoms with Gasteiger partial charge in [0.2, 0.25) is 0 Å². The zero-order valence-corrected chi connectivity index (χ0v) is 18.9. The van der Waals surface area contributed by atoms with Gasteiger partial charge in [-0.05, 0) is 50.3 Å². The molecule has 0 aliphatic rings. The second-order valence-corrected chi connectivity index (χ2v) is 7.76. The number of carbonyl (C=O) groups is 1. The van der Waals surface area contributed by atoms with E-state index >= 15 is 0 Å². The van der Waals surface area contributed by atoms with E-state index in [2.05, 4.69) is 18.7 Å². The van der Waals surface area contributed by atoms with Gasteiger partial charge in [0.05, 0.1) is 18.4 Å². The fourth-order valence-electron chi connectivity index (χ4n) is 3.28. The summed E-state index contributed by atoms with van der Waals surface area (Å²) in [5, 5.41) is 0.678. The normalized spacial score (nSPS) is 11.1. The predicted molar refractivity (Wildman–Crippen MR) is 123 cm³/mol. The zero-order valence-electron chi connectivity index (χ0n) is 18.1. The number of likely N-dealkylation sites (N-methyl/N-ethyl adjacent to an activating group) is 1. The van der Waals surface area contributed by atoms with Crippen molar-refractivity contribution in [2.45, 2.75) is 20.8 Å². The maximum Gasteiger partial charge on any atom is 0.260 e. The van der Waals surface area contributed by atoms with Gasteiger partial charge in [-0.25, -0.2) is 4.98 Å². The van der Waals surface area contributed by atoms with Crippen LogP contribution in [0.1, 0.15) is 31.1 Å². The van der Waals surface area contributed by atoms with Crippen molar-refractivity contribution < 1.29 is 14.3 Å². The molecule has 3 aromatic rings. The number of rotatable bonds is 10. The van der Waals surface area contributed by atoms with Crippen molar-refractivity contribution in [3.05, 3.63) is 48.0 Å². The average Bonchev–Trinajstić information content (AvgIpc) is 3.21. The Morgan fingerprint density at radius 1 is 1.07 bits per heavy atom. The van der Waals surface area contributed by atoms with Crippen molar-refractivity contribution in [3.8, 4) is 11.5 Å². The van der Waals surface area contributed by atoms with Gasteiger partial charge in [0.25, 0.3) is 5.91 Å². The summed E-state index contributed by atoms with van der Waals surface area (Å²) in [6.45, 7) is 9.99. The Morgan fingerprint density at radius 3 is 2.53 bits per heavy atom. The first-order chi connectivity index (χ1) is 14.6. The highest BCUT2D eigenvalue weighted by Crippen LogP contribution is 2.35. The van der Waals surface area contributed by atoms with Crippen molar-refractivity contribution in [2.24, 2.45) is 0 Å². The van der Waals surface area contributed by atoms with E-state index in [0.717, 1.165) is 35.6 Å². The molecule has 0 unspecified atom stereocenters. The van der Waals surface area contributed by atoms with E-state index in [-0.39, 0.29) is 5.91 Å². The molecule has 1 aromatic heterocycles. The van der Waals surface area contributed by atoms with Crippen LogP contribution < -0.4 is 14.4 Å². The maximum atomic E-state index is 13.5. The lowest BCUT2D eigenvalue weighted by Gasteiger charge is -2.24. The van der Waals surface area contributed by atoms with Gasteiger partial charge in [0.15, 0.2) is 5.13 Å². The first-order valence-corrected chi connectivity index (χ1v) is 11.1. The summed E-state index contributed by atoms with van der Waals surface area (Å²) in [6.07, 6.45) is 0. The molecule has 0 fully saturated rings. The first-order valence-electron chi connectivity index (χ1n) is 10.3. The number of methoxy groups -OCH3 is 1. The van der Waals surface area contributed by atoms with Gasteiger partial charge in [0, 0.05) is 18.7 Å². The number of hydrogen-bond acceptors (Lipinski definition) is 6. The minimum atomic E-state index is -0.0851. The molecule has 0 saturated carbocycles. The number of anilines is 1. The van der Waals surface area contributed by atoms with E-state index in [1.165, 1.54) is 11.3 Å². The fourth-order valence-corrected chi connectivity index (χ4v) is 4.28. The van der Waals surface area contributed by atoms with Crippen LogP contribution in [0.25, 0.3) is 10.2 Å². The first kappa shape index (κ1) is 22.1. The third-order valence-electron chi connectivity index (χ3n) is 5.00. The number of aromatic nitrogens is 1. The van der Waals surface area contributed by atoms with Crippen molar-refractivity contribution in [1.82, 2.24) is 9.88 Å². The van der Waals surface area contributed by atoms with Gasteiger partial charge >= 0.3 is 0 Å². The predicted octanol–water partition coefficient (Wildman–Crippen LogP) is 4.69. The number of ether oxygens (including phenoxy) is 2. The van der Waals surface area contributed by atoms with E-state index in [0.29, 0.717) is 29.6 Å². The fraction of sp³-hybridized carbons (Fsp3) is 0.391. The topological polar surface area (TPSA) is 54.9 Å². The molecule has 160 valence electrons. The Hall–Kier alpha value is -2.64. The number of nitrogens with zero attached hydrogens (tertiary/aromatic N) is 3. The van der Waals surface area contributed by atoms with Crippen LogP contribution in [0.2, 0.25) is 0 Å². The summed E-state index contributed by atoms with van der Waals surface area (Å²) in [4.78, 5) is 22.3. The lowest BCUT2D eigenvalue weighted by Crippen LogP contribution is -2.38. The number of benzene rings is 2. The van der Waals surface area contributed by atoms with Gasteiger partial charge in [-0.15, -0.1) is 0 Å². The van der Waals surface area contributed by atoms with Gasteiger partial charge in [-0.3, -0.25) is 9.69 Å². The highest BCUT2D eigenvalue weighted by molar-refractivity contribution is 7.22. The summed E-state index contributed by atoms with van der Waals surface area (Å²) in [7, 11) is 1.60. The van der Waals surface area contributed by atoms with Crippen LogP contribution in [0.15, 0.2) is 42.5 Å². The monoisotopic (exact) mass is 427 g/mol. The van der Waals surface area contributed by atoms with Crippen LogP contribution in [0, 0.1) is 0 Å². The molecule has 0 radical (unpaired) electrons. The van der Waals surface area contributed by atoms with E-state index < -0.39 is 0 Å². The molecule has 0 bridgehead atoms. The molecule has 0 saturated heterocycles. The minimum absolute atomic E-state index is 0.0851. The highest BCUT2D eigenvalue weighted by atomic mass is 32.1. The molecular formula is C23H29N3O3S. The number of fused-ring (bicyclic) bond motifs is 1. The second kappa shape index (κ2) is 10.4. The Kier molecular flexibility index (Phi) is 7.65. The number of hydrogen-bond donors (Lipinski definition) is 0. The van der Waals surface area contributed by atoms with Gasteiger partial charge in [-0.1, -0.05) is 37.3 Å². The van der Waals surface area contributed by atoms with Gasteiger partial charge in [-0.2, -0.15) is 0 Å². The summed E-state index contributed by atoms with van der Waals surface area (Å²) in [5.74, 6) is 1.32. The van der Waals surface area contributed by atoms with Gasteiger partial charge in [0.1, 0.15) is 17.0 Å². The Bertz CT molecular complexity index is 985. The Labute approximate surface area is 182 Å². The SMILES string of the molecule is CCOc1cccc2sc(N(CCN(CC)CC)C(=O)c3cccc(OC)c3)nc12. The van der Waals surface area contributed by atoms with Crippen molar-refractivity contribution in [1.29, 1.82) is 0 Å². The van der Waals surface area contributed by atoms with Gasteiger partial charge < -0.3 is 14.4 Å². The molecule has 0 aliphatic heterocycles. The summed E-state index contributed by atoms with van der Waals surface area (Å²) >= 11 is 1.51. The molecule has 0 N–H and O–H groups in total. The zero-order chi connectivity index (χ0) is 21.5. The Balaban J connectivity index is 1.99. The van der Waals surface area contributed by atoms with Crippen LogP contribution >= 0.6 is 11.3 Å². The molecular weight excluding hydrogens is 398 g/mol. The summed E-state index contributed by atoms with van der Waals surface area (Å²) < 4.78 is 12.0. The van der Waals surface area contributed by atoms with Crippen molar-refractivity contribution in [2.75, 3.05) is 44.8 Å². The van der Waals surface area contributed by atoms with Crippen LogP contribution in [-0.2, 0) is 0 Å². The molecule has 0 aliphatic carbocycles. The van der Waals surface area contributed by atoms with Crippen molar-refractivity contribution >= 4 is 32.6 Å². The third-order valence-corrected chi connectivity index (χ3v) is 6.04. The van der Waals surface area contributed by atoms with Crippen LogP contribution in [-0.4, -0.2) is 55.7 Å². The van der Waals surface area contributed by atoms with E-state index in [4.69, 9.17) is 14.5 Å². The lowest BCUT2D eigenvalue weighted by atomic mass is 10.2. The molecule has 3 rings (SSSR count). The number of para-hydroxylation sites is 1. The van der Waals surface area contributed by atoms with Crippen LogP contribution in [0.5, 0.6) is 11.5 Å². The molecule has 6 nitrogen and oxygen atoms in total. The number of carbonyl (C=O) groups excluding carboxylic acids is 1. The van der Waals surface area contributed by atoms with E-state index in [1.54, 1.807) is 18.1 Å². The average molecular weight is 428 g/mol. The summed E-state index contributed by atoms with van der Waals surface area (Å²) in [5.41, 5.74) is 1.38. The van der Waals surface area contributed by atoms with Crippen LogP contribution in [0.3, 0.4) is 0 Å². The molecule has 1 amide bonds. The second-order valence-electron chi connectivity index (χ2n) is 6.75. The van der Waals surface area contributed by atoms with Crippen molar-refractivity contribution in [3.63, 3.8) is 0 Å². The van der Waals surface area contributed by atoms with E-state index in [9.17, 15) is 4.79 Å². The Morgan fingerprint density at radius 2 is 1.83 bits per heavy atom. The standard InChI is InChI=1S/C23H29N3O3S/c1-5-25(6-2)14-15-26(22(27)17-10-8-11-18(16-17)28-4)23-24-21-19(29-7-3)12-9-13-20(21)30-23/h8-13,16H,5-7,14-15H2,1-4H3. The molecule has 1 heterocycles. The molecule has 30 heavy (non-hydrogen) atoms. The smallest absolute Gasteiger partial charge is 0.260 e.